The molecule has 0 aromatic carbocycles. The van der Waals surface area contributed by atoms with Gasteiger partial charge in [-0.15, -0.1) is 0 Å². The standard InChI is InChI=1S/C8H18NO2.BrH/c1-3-9(4-2,5-7-10)6-8-11;/h7,11H,3-6,8H2,1-2H3;1H/q+1;/p-1. The minimum Gasteiger partial charge on any atom is -1.00 e. The van der Waals surface area contributed by atoms with E-state index >= 15 is 0 Å². The summed E-state index contributed by atoms with van der Waals surface area (Å²) in [5, 5.41) is 8.76. The Morgan fingerprint density at radius 2 is 1.83 bits per heavy atom. The van der Waals surface area contributed by atoms with E-state index in [4.69, 9.17) is 5.11 Å². The summed E-state index contributed by atoms with van der Waals surface area (Å²) in [6.07, 6.45) is 0.933. The normalized spacial score (nSPS) is 10.6. The summed E-state index contributed by atoms with van der Waals surface area (Å²) < 4.78 is 0.708. The number of hydrogen-bond acceptors (Lipinski definition) is 2. The van der Waals surface area contributed by atoms with Crippen molar-refractivity contribution in [1.29, 1.82) is 0 Å². The molecule has 0 fully saturated rings. The van der Waals surface area contributed by atoms with Gasteiger partial charge in [0.25, 0.3) is 0 Å². The molecule has 0 amide bonds. The molecule has 0 aromatic heterocycles. The van der Waals surface area contributed by atoms with Gasteiger partial charge < -0.3 is 26.6 Å². The van der Waals surface area contributed by atoms with Crippen molar-refractivity contribution >= 4 is 6.29 Å². The highest BCUT2D eigenvalue weighted by Crippen LogP contribution is 2.02. The number of aliphatic hydroxyl groups excluding tert-OH is 1. The molecule has 12 heavy (non-hydrogen) atoms. The van der Waals surface area contributed by atoms with Gasteiger partial charge in [0.2, 0.25) is 0 Å². The van der Waals surface area contributed by atoms with Crippen molar-refractivity contribution in [2.75, 3.05) is 32.8 Å². The maximum Gasteiger partial charge on any atom is 0.174 e. The number of quaternary nitrogens is 1. The lowest BCUT2D eigenvalue weighted by Gasteiger charge is -2.34. The van der Waals surface area contributed by atoms with Gasteiger partial charge in [-0.05, 0) is 13.8 Å². The lowest BCUT2D eigenvalue weighted by molar-refractivity contribution is -0.917. The number of halogens is 1. The summed E-state index contributed by atoms with van der Waals surface area (Å²) in [5.74, 6) is 0. The van der Waals surface area contributed by atoms with Crippen molar-refractivity contribution in [3.63, 3.8) is 0 Å². The number of carbonyl (C=O) groups is 1. The molecule has 1 N–H and O–H groups in total. The Hall–Kier alpha value is 0.0700. The highest BCUT2D eigenvalue weighted by molar-refractivity contribution is 5.50. The Labute approximate surface area is 84.7 Å². The molecule has 0 spiro atoms. The van der Waals surface area contributed by atoms with Gasteiger partial charge in [0.1, 0.15) is 13.1 Å². The minimum atomic E-state index is 0. The first-order chi connectivity index (χ1) is 5.24. The summed E-state index contributed by atoms with van der Waals surface area (Å²) in [6, 6.07) is 0. The van der Waals surface area contributed by atoms with Crippen LogP contribution in [0.2, 0.25) is 0 Å². The number of hydrogen-bond donors (Lipinski definition) is 1. The van der Waals surface area contributed by atoms with Gasteiger partial charge in [-0.1, -0.05) is 0 Å². The monoisotopic (exact) mass is 239 g/mol. The van der Waals surface area contributed by atoms with E-state index in [1.807, 2.05) is 13.8 Å². The third kappa shape index (κ3) is 4.18. The van der Waals surface area contributed by atoms with E-state index in [2.05, 4.69) is 0 Å². The smallest absolute Gasteiger partial charge is 0.174 e. The van der Waals surface area contributed by atoms with Gasteiger partial charge in [0.05, 0.1) is 19.7 Å². The van der Waals surface area contributed by atoms with E-state index in [1.54, 1.807) is 0 Å². The topological polar surface area (TPSA) is 37.3 Å². The first-order valence-corrected chi connectivity index (χ1v) is 4.14. The lowest BCUT2D eigenvalue weighted by Crippen LogP contribution is -3.00. The molecule has 0 saturated heterocycles. The second-order valence-corrected chi connectivity index (χ2v) is 2.77. The molecule has 4 heteroatoms. The number of aldehydes is 1. The average molecular weight is 240 g/mol. The second-order valence-electron chi connectivity index (χ2n) is 2.77. The molecule has 0 unspecified atom stereocenters. The highest BCUT2D eigenvalue weighted by atomic mass is 79.9. The fraction of sp³-hybridized carbons (Fsp3) is 0.875. The quantitative estimate of drug-likeness (QED) is 0.398. The van der Waals surface area contributed by atoms with E-state index in [9.17, 15) is 4.79 Å². The Kier molecular flexibility index (Phi) is 9.37. The highest BCUT2D eigenvalue weighted by Gasteiger charge is 2.20. The van der Waals surface area contributed by atoms with Crippen LogP contribution in [0.25, 0.3) is 0 Å². The Morgan fingerprint density at radius 1 is 1.33 bits per heavy atom. The zero-order valence-electron chi connectivity index (χ0n) is 7.79. The first-order valence-electron chi connectivity index (χ1n) is 4.14. The van der Waals surface area contributed by atoms with Gasteiger partial charge >= 0.3 is 0 Å². The summed E-state index contributed by atoms with van der Waals surface area (Å²) in [4.78, 5) is 10.3. The Bertz CT molecular complexity index is 116. The summed E-state index contributed by atoms with van der Waals surface area (Å²) >= 11 is 0. The van der Waals surface area contributed by atoms with E-state index in [0.29, 0.717) is 17.6 Å². The molecule has 0 heterocycles. The van der Waals surface area contributed by atoms with Crippen LogP contribution in [0.3, 0.4) is 0 Å². The minimum absolute atomic E-state index is 0. The molecule has 0 saturated carbocycles. The van der Waals surface area contributed by atoms with E-state index in [1.165, 1.54) is 0 Å². The predicted octanol–water partition coefficient (Wildman–Crippen LogP) is -2.96. The van der Waals surface area contributed by atoms with Crippen molar-refractivity contribution in [1.82, 2.24) is 0 Å². The van der Waals surface area contributed by atoms with Crippen LogP contribution in [0.1, 0.15) is 13.8 Å². The molecule has 0 aliphatic carbocycles. The fourth-order valence-electron chi connectivity index (χ4n) is 1.26. The molecule has 74 valence electrons. The summed E-state index contributed by atoms with van der Waals surface area (Å²) in [7, 11) is 0. The predicted molar refractivity (Wildman–Crippen MR) is 44.2 cm³/mol. The van der Waals surface area contributed by atoms with Gasteiger partial charge in [0, 0.05) is 0 Å². The van der Waals surface area contributed by atoms with Crippen LogP contribution in [0, 0.1) is 0 Å². The van der Waals surface area contributed by atoms with Crippen molar-refractivity contribution in [3.05, 3.63) is 0 Å². The molecule has 0 bridgehead atoms. The van der Waals surface area contributed by atoms with Gasteiger partial charge in [0.15, 0.2) is 6.29 Å². The number of rotatable bonds is 6. The Balaban J connectivity index is 0. The molecule has 0 aliphatic rings. The number of nitrogens with zero attached hydrogens (tertiary/aromatic N) is 1. The van der Waals surface area contributed by atoms with Gasteiger partial charge in [-0.25, -0.2) is 0 Å². The van der Waals surface area contributed by atoms with E-state index in [-0.39, 0.29) is 23.6 Å². The molecule has 3 nitrogen and oxygen atoms in total. The molecule has 0 radical (unpaired) electrons. The van der Waals surface area contributed by atoms with Crippen LogP contribution in [0.5, 0.6) is 0 Å². The number of carbonyl (C=O) groups excluding carboxylic acids is 1. The molecule has 0 rings (SSSR count). The maximum atomic E-state index is 10.3. The largest absolute Gasteiger partial charge is 1.00 e. The van der Waals surface area contributed by atoms with Crippen LogP contribution >= 0.6 is 0 Å². The summed E-state index contributed by atoms with van der Waals surface area (Å²) in [5.41, 5.74) is 0. The second kappa shape index (κ2) is 7.71. The van der Waals surface area contributed by atoms with Crippen LogP contribution in [0.15, 0.2) is 0 Å². The van der Waals surface area contributed by atoms with Crippen LogP contribution in [0.4, 0.5) is 0 Å². The van der Waals surface area contributed by atoms with Gasteiger partial charge in [-0.2, -0.15) is 0 Å². The maximum absolute atomic E-state index is 10.3. The molecular weight excluding hydrogens is 222 g/mol. The molecule has 0 atom stereocenters. The van der Waals surface area contributed by atoms with Crippen molar-refractivity contribution in [2.45, 2.75) is 13.8 Å². The molecular formula is C8H18BrNO2. The summed E-state index contributed by atoms with van der Waals surface area (Å²) in [6.45, 7) is 7.28. The fourth-order valence-corrected chi connectivity index (χ4v) is 1.26. The number of aliphatic hydroxyl groups is 1. The van der Waals surface area contributed by atoms with E-state index < -0.39 is 0 Å². The average Bonchev–Trinajstić information content (AvgIpc) is 2.04. The van der Waals surface area contributed by atoms with Crippen molar-refractivity contribution in [3.8, 4) is 0 Å². The third-order valence-corrected chi connectivity index (χ3v) is 2.38. The van der Waals surface area contributed by atoms with Crippen LogP contribution in [-0.4, -0.2) is 48.7 Å². The van der Waals surface area contributed by atoms with Crippen LogP contribution in [-0.2, 0) is 4.79 Å². The Morgan fingerprint density at radius 3 is 2.08 bits per heavy atom. The van der Waals surface area contributed by atoms with Crippen molar-refractivity contribution < 1.29 is 31.4 Å². The zero-order valence-corrected chi connectivity index (χ0v) is 9.38. The number of likely N-dealkylation sites (N-methyl/N-ethyl adjacent to an activating group) is 1. The molecule has 0 aromatic rings. The van der Waals surface area contributed by atoms with Crippen molar-refractivity contribution in [2.24, 2.45) is 0 Å². The SMILES string of the molecule is CC[N+](CC)(CC=O)CCO.[Br-]. The lowest BCUT2D eigenvalue weighted by atomic mass is 10.3. The van der Waals surface area contributed by atoms with E-state index in [0.717, 1.165) is 19.4 Å². The van der Waals surface area contributed by atoms with Crippen LogP contribution < -0.4 is 17.0 Å². The first kappa shape index (κ1) is 14.6. The molecule has 0 aliphatic heterocycles. The zero-order chi connectivity index (χ0) is 8.74. The third-order valence-electron chi connectivity index (χ3n) is 2.38. The van der Waals surface area contributed by atoms with Gasteiger partial charge in [-0.3, -0.25) is 4.79 Å².